The predicted octanol–water partition coefficient (Wildman–Crippen LogP) is 5.26. The third-order valence-corrected chi connectivity index (χ3v) is 6.76. The van der Waals surface area contributed by atoms with Crippen LogP contribution in [0.25, 0.3) is 21.8 Å². The van der Waals surface area contributed by atoms with Crippen LogP contribution in [0.4, 0.5) is 11.4 Å². The summed E-state index contributed by atoms with van der Waals surface area (Å²) in [5.41, 5.74) is 3.66. The molecule has 2 N–H and O–H groups in total. The number of nitrogens with one attached hydrogen (secondary N) is 2. The van der Waals surface area contributed by atoms with Crippen LogP contribution in [0.5, 0.6) is 0 Å². The van der Waals surface area contributed by atoms with Gasteiger partial charge in [-0.2, -0.15) is 0 Å². The Kier molecular flexibility index (Phi) is 3.98. The number of anilines is 1. The maximum absolute atomic E-state index is 14.4. The summed E-state index contributed by atoms with van der Waals surface area (Å²) in [5, 5.41) is 13.4. The van der Waals surface area contributed by atoms with Crippen molar-refractivity contribution in [2.75, 3.05) is 11.4 Å². The molecule has 33 heavy (non-hydrogen) atoms. The molecule has 0 aliphatic carbocycles. The Bertz CT molecular complexity index is 1510. The van der Waals surface area contributed by atoms with Crippen LogP contribution in [-0.2, 0) is 10.2 Å². The average molecular weight is 436 g/mol. The van der Waals surface area contributed by atoms with E-state index in [-0.39, 0.29) is 11.6 Å². The van der Waals surface area contributed by atoms with Crippen LogP contribution in [0.3, 0.4) is 0 Å². The zero-order chi connectivity index (χ0) is 22.7. The van der Waals surface area contributed by atoms with E-state index in [1.54, 1.807) is 11.0 Å². The number of aromatic nitrogens is 2. The van der Waals surface area contributed by atoms with Crippen molar-refractivity contribution in [2.24, 2.45) is 0 Å². The van der Waals surface area contributed by atoms with Crippen LogP contribution in [0.1, 0.15) is 23.6 Å². The monoisotopic (exact) mass is 436 g/mol. The van der Waals surface area contributed by atoms with Gasteiger partial charge < -0.3 is 14.9 Å². The number of rotatable bonds is 4. The first-order valence-corrected chi connectivity index (χ1v) is 10.8. The summed E-state index contributed by atoms with van der Waals surface area (Å²) < 4.78 is 0. The summed E-state index contributed by atoms with van der Waals surface area (Å²) in [7, 11) is 0. The van der Waals surface area contributed by atoms with Crippen molar-refractivity contribution < 1.29 is 9.72 Å². The molecule has 3 heterocycles. The van der Waals surface area contributed by atoms with E-state index in [1.165, 1.54) is 12.1 Å². The number of H-pyrrole nitrogens is 2. The third kappa shape index (κ3) is 2.41. The summed E-state index contributed by atoms with van der Waals surface area (Å²) in [4.78, 5) is 33.8. The molecule has 162 valence electrons. The van der Waals surface area contributed by atoms with Crippen LogP contribution < -0.4 is 4.90 Å². The number of nitro groups is 1. The number of nitro benzene ring substituents is 1. The molecule has 2 aromatic heterocycles. The lowest BCUT2D eigenvalue weighted by molar-refractivity contribution is -0.384. The summed E-state index contributed by atoms with van der Waals surface area (Å²) in [6.07, 6.45) is 3.80. The van der Waals surface area contributed by atoms with Crippen LogP contribution in [0.2, 0.25) is 0 Å². The molecule has 1 aliphatic rings. The molecule has 0 spiro atoms. The molecular weight excluding hydrogens is 416 g/mol. The standard InChI is InChI=1S/C26H20N4O3/c1-2-29-24-13-16(30(32)33)11-12-19(24)26(25(29)31,20-14-27-22-9-5-3-7-17(20)22)21-15-28-23-10-6-4-8-18(21)23/h3-15,27-28H,2H2,1H3. The molecule has 0 atom stereocenters. The summed E-state index contributed by atoms with van der Waals surface area (Å²) >= 11 is 0. The van der Waals surface area contributed by atoms with E-state index in [9.17, 15) is 14.9 Å². The first-order valence-electron chi connectivity index (χ1n) is 10.8. The zero-order valence-corrected chi connectivity index (χ0v) is 17.8. The van der Waals surface area contributed by atoms with Gasteiger partial charge in [-0.05, 0) is 25.1 Å². The van der Waals surface area contributed by atoms with Crippen LogP contribution in [0, 0.1) is 10.1 Å². The number of likely N-dealkylation sites (N-methyl/N-ethyl adjacent to an activating group) is 1. The summed E-state index contributed by atoms with van der Waals surface area (Å²) in [6, 6.07) is 20.5. The molecule has 1 aliphatic heterocycles. The predicted molar refractivity (Wildman–Crippen MR) is 128 cm³/mol. The highest BCUT2D eigenvalue weighted by molar-refractivity contribution is 6.16. The number of nitrogens with zero attached hydrogens (tertiary/aromatic N) is 2. The van der Waals surface area contributed by atoms with Gasteiger partial charge in [-0.1, -0.05) is 36.4 Å². The summed E-state index contributed by atoms with van der Waals surface area (Å²) in [6.45, 7) is 2.29. The van der Waals surface area contributed by atoms with Gasteiger partial charge in [-0.3, -0.25) is 14.9 Å². The Labute approximate surface area is 188 Å². The number of hydrogen-bond donors (Lipinski definition) is 2. The molecule has 3 aromatic carbocycles. The Morgan fingerprint density at radius 1 is 0.879 bits per heavy atom. The van der Waals surface area contributed by atoms with E-state index < -0.39 is 10.3 Å². The minimum atomic E-state index is -1.15. The van der Waals surface area contributed by atoms with Gasteiger partial charge in [0.05, 0.1) is 10.6 Å². The molecule has 7 heteroatoms. The Balaban J connectivity index is 1.79. The third-order valence-electron chi connectivity index (χ3n) is 6.76. The number of fused-ring (bicyclic) bond motifs is 3. The van der Waals surface area contributed by atoms with Crippen molar-refractivity contribution in [3.63, 3.8) is 0 Å². The van der Waals surface area contributed by atoms with Gasteiger partial charge in [0, 0.05) is 69.6 Å². The van der Waals surface area contributed by atoms with Gasteiger partial charge in [0.2, 0.25) is 5.91 Å². The number of carbonyl (C=O) groups is 1. The van der Waals surface area contributed by atoms with Gasteiger partial charge in [0.1, 0.15) is 5.41 Å². The van der Waals surface area contributed by atoms with Crippen molar-refractivity contribution in [1.82, 2.24) is 9.97 Å². The minimum Gasteiger partial charge on any atom is -0.361 e. The van der Waals surface area contributed by atoms with Gasteiger partial charge >= 0.3 is 0 Å². The normalized spacial score (nSPS) is 14.8. The molecule has 0 radical (unpaired) electrons. The maximum atomic E-state index is 14.4. The molecule has 0 bridgehead atoms. The molecule has 6 rings (SSSR count). The maximum Gasteiger partial charge on any atom is 0.271 e. The summed E-state index contributed by atoms with van der Waals surface area (Å²) in [5.74, 6) is -0.116. The van der Waals surface area contributed by atoms with Gasteiger partial charge in [-0.25, -0.2) is 0 Å². The van der Waals surface area contributed by atoms with E-state index in [0.29, 0.717) is 12.2 Å². The van der Waals surface area contributed by atoms with Crippen LogP contribution >= 0.6 is 0 Å². The largest absolute Gasteiger partial charge is 0.361 e. The van der Waals surface area contributed by atoms with Crippen molar-refractivity contribution in [2.45, 2.75) is 12.3 Å². The van der Waals surface area contributed by atoms with Gasteiger partial charge in [-0.15, -0.1) is 0 Å². The van der Waals surface area contributed by atoms with E-state index in [1.807, 2.05) is 67.8 Å². The molecule has 0 unspecified atom stereocenters. The number of benzene rings is 3. The van der Waals surface area contributed by atoms with E-state index in [0.717, 1.165) is 38.5 Å². The molecule has 0 saturated heterocycles. The second-order valence-electron chi connectivity index (χ2n) is 8.25. The van der Waals surface area contributed by atoms with Crippen molar-refractivity contribution in [1.29, 1.82) is 0 Å². The Hall–Kier alpha value is -4.39. The second kappa shape index (κ2) is 6.80. The van der Waals surface area contributed by atoms with E-state index in [2.05, 4.69) is 9.97 Å². The van der Waals surface area contributed by atoms with Gasteiger partial charge in [0.25, 0.3) is 5.69 Å². The number of aromatic amines is 2. The highest BCUT2D eigenvalue weighted by atomic mass is 16.6. The minimum absolute atomic E-state index is 0.0337. The molecule has 1 amide bonds. The van der Waals surface area contributed by atoms with Crippen LogP contribution in [0.15, 0.2) is 79.1 Å². The van der Waals surface area contributed by atoms with Crippen molar-refractivity contribution in [3.05, 3.63) is 106 Å². The molecule has 5 aromatic rings. The fourth-order valence-electron chi connectivity index (χ4n) is 5.34. The highest BCUT2D eigenvalue weighted by Crippen LogP contribution is 2.54. The topological polar surface area (TPSA) is 95.0 Å². The lowest BCUT2D eigenvalue weighted by Gasteiger charge is -2.29. The fourth-order valence-corrected chi connectivity index (χ4v) is 5.34. The van der Waals surface area contributed by atoms with Crippen molar-refractivity contribution in [3.8, 4) is 0 Å². The van der Waals surface area contributed by atoms with Crippen LogP contribution in [-0.4, -0.2) is 27.3 Å². The lowest BCUT2D eigenvalue weighted by atomic mass is 9.70. The Morgan fingerprint density at radius 2 is 1.45 bits per heavy atom. The molecule has 0 fully saturated rings. The first-order chi connectivity index (χ1) is 16.1. The number of carbonyl (C=O) groups excluding carboxylic acids is 1. The van der Waals surface area contributed by atoms with Crippen molar-refractivity contribution >= 4 is 39.1 Å². The molecular formula is C26H20N4O3. The van der Waals surface area contributed by atoms with E-state index in [4.69, 9.17) is 0 Å². The average Bonchev–Trinajstić information content (AvgIpc) is 3.51. The quantitative estimate of drug-likeness (QED) is 0.297. The highest BCUT2D eigenvalue weighted by Gasteiger charge is 2.55. The lowest BCUT2D eigenvalue weighted by Crippen LogP contribution is -2.42. The SMILES string of the molecule is CCN1C(=O)C(c2c[nH]c3ccccc23)(c2c[nH]c3ccccc23)c2ccc([N+](=O)[O-])cc21. The first kappa shape index (κ1) is 19.3. The number of hydrogen-bond acceptors (Lipinski definition) is 3. The van der Waals surface area contributed by atoms with E-state index >= 15 is 0 Å². The number of non-ortho nitro benzene ring substituents is 1. The Morgan fingerprint density at radius 3 is 2.00 bits per heavy atom. The fraction of sp³-hybridized carbons (Fsp3) is 0.115. The number of para-hydroxylation sites is 2. The smallest absolute Gasteiger partial charge is 0.271 e. The second-order valence-corrected chi connectivity index (χ2v) is 8.25. The molecule has 7 nitrogen and oxygen atoms in total. The number of amides is 1. The zero-order valence-electron chi connectivity index (χ0n) is 17.8. The van der Waals surface area contributed by atoms with Gasteiger partial charge in [0.15, 0.2) is 0 Å². The molecule has 0 saturated carbocycles.